The van der Waals surface area contributed by atoms with Gasteiger partial charge in [-0.05, 0) is 41.5 Å². The van der Waals surface area contributed by atoms with Crippen molar-refractivity contribution in [2.24, 2.45) is 0 Å². The molecule has 2 amide bonds. The number of likely N-dealkylation sites (tertiary alicyclic amines) is 1. The maximum absolute atomic E-state index is 14.4. The molecule has 3 atom stereocenters. The van der Waals surface area contributed by atoms with Gasteiger partial charge in [0.15, 0.2) is 0 Å². The summed E-state index contributed by atoms with van der Waals surface area (Å²) in [5, 5.41) is 3.77. The van der Waals surface area contributed by atoms with Crippen LogP contribution in [0.15, 0.2) is 60.4 Å². The SMILES string of the molecule is O=C(N[C@@H](c1ccccc1)c1ccc(C2CC2)c(Cl)c1)[C@@H]1C[C@@H](F)CN1C(=O)CC1=CN[NH2+]N1. The lowest BCUT2D eigenvalue weighted by molar-refractivity contribution is -0.739. The highest BCUT2D eigenvalue weighted by Crippen LogP contribution is 2.44. The third-order valence-electron chi connectivity index (χ3n) is 6.61. The quantitative estimate of drug-likeness (QED) is 0.453. The second kappa shape index (κ2) is 9.64. The number of hydrogen-bond acceptors (Lipinski definition) is 4. The fourth-order valence-electron chi connectivity index (χ4n) is 4.69. The molecule has 9 heteroatoms. The number of amides is 2. The van der Waals surface area contributed by atoms with Crippen LogP contribution in [0.25, 0.3) is 0 Å². The number of nitrogens with two attached hydrogens (primary N) is 1. The number of rotatable bonds is 7. The molecule has 2 aromatic rings. The molecule has 5 N–H and O–H groups in total. The molecule has 0 radical (unpaired) electrons. The molecule has 1 saturated carbocycles. The minimum absolute atomic E-state index is 0.0166. The van der Waals surface area contributed by atoms with Crippen molar-refractivity contribution in [1.82, 2.24) is 21.1 Å². The molecule has 0 aromatic heterocycles. The third kappa shape index (κ3) is 4.88. The topological polar surface area (TPSA) is 90.1 Å². The summed E-state index contributed by atoms with van der Waals surface area (Å²) in [4.78, 5) is 27.6. The Morgan fingerprint density at radius 2 is 1.97 bits per heavy atom. The highest BCUT2D eigenvalue weighted by Gasteiger charge is 2.41. The average molecular weight is 485 g/mol. The maximum Gasteiger partial charge on any atom is 0.243 e. The fourth-order valence-corrected chi connectivity index (χ4v) is 5.03. The van der Waals surface area contributed by atoms with Crippen LogP contribution in [0.5, 0.6) is 0 Å². The van der Waals surface area contributed by atoms with Crippen LogP contribution in [0.1, 0.15) is 54.3 Å². The Labute approximate surface area is 202 Å². The second-order valence-electron chi connectivity index (χ2n) is 9.10. The van der Waals surface area contributed by atoms with E-state index in [0.717, 1.165) is 29.5 Å². The van der Waals surface area contributed by atoms with E-state index in [1.807, 2.05) is 48.5 Å². The molecule has 1 aliphatic carbocycles. The highest BCUT2D eigenvalue weighted by atomic mass is 35.5. The van der Waals surface area contributed by atoms with Crippen molar-refractivity contribution in [3.8, 4) is 0 Å². The predicted molar refractivity (Wildman–Crippen MR) is 126 cm³/mol. The Balaban J connectivity index is 1.37. The number of hydrogen-bond donors (Lipinski definition) is 4. The minimum Gasteiger partial charge on any atom is -0.343 e. The van der Waals surface area contributed by atoms with Crippen LogP contribution in [0.3, 0.4) is 0 Å². The van der Waals surface area contributed by atoms with E-state index in [9.17, 15) is 14.0 Å². The Kier molecular flexibility index (Phi) is 6.43. The zero-order chi connectivity index (χ0) is 23.7. The van der Waals surface area contributed by atoms with Gasteiger partial charge in [0.2, 0.25) is 11.8 Å². The Hall–Kier alpha value is -3.10. The summed E-state index contributed by atoms with van der Waals surface area (Å²) in [6.07, 6.45) is 2.79. The van der Waals surface area contributed by atoms with Crippen LogP contribution in [-0.2, 0) is 9.59 Å². The van der Waals surface area contributed by atoms with Gasteiger partial charge in [-0.2, -0.15) is 5.53 Å². The van der Waals surface area contributed by atoms with Gasteiger partial charge in [0.1, 0.15) is 12.2 Å². The zero-order valence-electron chi connectivity index (χ0n) is 18.6. The van der Waals surface area contributed by atoms with E-state index < -0.39 is 18.3 Å². The van der Waals surface area contributed by atoms with Crippen molar-refractivity contribution in [1.29, 1.82) is 0 Å². The zero-order valence-corrected chi connectivity index (χ0v) is 19.4. The highest BCUT2D eigenvalue weighted by molar-refractivity contribution is 6.31. The fraction of sp³-hybridized carbons (Fsp3) is 0.360. The van der Waals surface area contributed by atoms with Gasteiger partial charge in [0, 0.05) is 11.4 Å². The third-order valence-corrected chi connectivity index (χ3v) is 6.94. The van der Waals surface area contributed by atoms with Crippen molar-refractivity contribution < 1.29 is 19.5 Å². The number of carbonyl (C=O) groups is 2. The molecule has 7 nitrogen and oxygen atoms in total. The number of halogens is 2. The monoisotopic (exact) mass is 484 g/mol. The van der Waals surface area contributed by atoms with E-state index in [2.05, 4.69) is 16.2 Å². The van der Waals surface area contributed by atoms with Crippen molar-refractivity contribution >= 4 is 23.4 Å². The van der Waals surface area contributed by atoms with Gasteiger partial charge < -0.3 is 10.2 Å². The number of benzene rings is 2. The summed E-state index contributed by atoms with van der Waals surface area (Å²) in [7, 11) is 0. The molecule has 3 aliphatic rings. The summed E-state index contributed by atoms with van der Waals surface area (Å²) in [5.74, 6) is -0.143. The van der Waals surface area contributed by atoms with Gasteiger partial charge >= 0.3 is 0 Å². The van der Waals surface area contributed by atoms with Crippen LogP contribution < -0.4 is 21.7 Å². The lowest BCUT2D eigenvalue weighted by Gasteiger charge is -2.27. The molecule has 178 valence electrons. The molecule has 2 aromatic carbocycles. The van der Waals surface area contributed by atoms with Crippen LogP contribution in [0.4, 0.5) is 4.39 Å². The molecular weight excluding hydrogens is 457 g/mol. The smallest absolute Gasteiger partial charge is 0.243 e. The van der Waals surface area contributed by atoms with Gasteiger partial charge in [0.25, 0.3) is 0 Å². The first kappa shape index (κ1) is 22.7. The summed E-state index contributed by atoms with van der Waals surface area (Å²) < 4.78 is 14.4. The van der Waals surface area contributed by atoms with E-state index in [0.29, 0.717) is 16.6 Å². The summed E-state index contributed by atoms with van der Waals surface area (Å²) in [6.45, 7) is -0.0841. The second-order valence-corrected chi connectivity index (χ2v) is 9.51. The Morgan fingerprint density at radius 3 is 2.65 bits per heavy atom. The Morgan fingerprint density at radius 1 is 1.18 bits per heavy atom. The molecule has 2 fully saturated rings. The normalized spacial score (nSPS) is 22.5. The summed E-state index contributed by atoms with van der Waals surface area (Å²) >= 11 is 6.59. The summed E-state index contributed by atoms with van der Waals surface area (Å²) in [5.41, 5.74) is 11.0. The van der Waals surface area contributed by atoms with E-state index in [-0.39, 0.29) is 31.2 Å². The average Bonchev–Trinajstić information content (AvgIpc) is 3.40. The molecular formula is C25H28ClFN5O2+. The molecule has 34 heavy (non-hydrogen) atoms. The first-order valence-electron chi connectivity index (χ1n) is 11.6. The first-order valence-corrected chi connectivity index (χ1v) is 12.0. The lowest BCUT2D eigenvalue weighted by Crippen LogP contribution is -2.96. The van der Waals surface area contributed by atoms with E-state index in [1.54, 1.807) is 11.7 Å². The number of nitrogens with one attached hydrogen (secondary N) is 3. The van der Waals surface area contributed by atoms with Crippen molar-refractivity contribution in [3.63, 3.8) is 0 Å². The van der Waals surface area contributed by atoms with Crippen LogP contribution in [-0.4, -0.2) is 35.5 Å². The molecule has 2 aliphatic heterocycles. The largest absolute Gasteiger partial charge is 0.343 e. The lowest BCUT2D eigenvalue weighted by atomic mass is 9.96. The van der Waals surface area contributed by atoms with Crippen molar-refractivity contribution in [2.45, 2.75) is 49.9 Å². The van der Waals surface area contributed by atoms with Crippen molar-refractivity contribution in [3.05, 3.63) is 82.1 Å². The standard InChI is InChI=1S/C25H27ClFN5O2/c26-21-10-17(8-9-20(21)15-6-7-15)24(16-4-2-1-3-5-16)29-25(34)22-11-18(27)14-32(22)23(33)12-19-13-28-31-30-19/h1-5,8-10,13,15,18,22,24,28,30-31H,6-7,11-12,14H2,(H,29,34)/p+1/t18-,22+,24+/m1/s1. The van der Waals surface area contributed by atoms with E-state index >= 15 is 0 Å². The van der Waals surface area contributed by atoms with Gasteiger partial charge in [-0.25, -0.2) is 15.2 Å². The van der Waals surface area contributed by atoms with Gasteiger partial charge in [-0.1, -0.05) is 54.1 Å². The predicted octanol–water partition coefficient (Wildman–Crippen LogP) is 2.18. The van der Waals surface area contributed by atoms with Crippen LogP contribution >= 0.6 is 11.6 Å². The van der Waals surface area contributed by atoms with E-state index in [1.165, 1.54) is 4.90 Å². The Bertz CT molecular complexity index is 1110. The molecule has 0 spiro atoms. The van der Waals surface area contributed by atoms with E-state index in [4.69, 9.17) is 11.6 Å². The van der Waals surface area contributed by atoms with Gasteiger partial charge in [-0.15, -0.1) is 0 Å². The van der Waals surface area contributed by atoms with Crippen molar-refractivity contribution in [2.75, 3.05) is 6.54 Å². The number of quaternary nitrogens is 1. The van der Waals surface area contributed by atoms with Gasteiger partial charge in [-0.3, -0.25) is 9.59 Å². The molecule has 2 heterocycles. The van der Waals surface area contributed by atoms with Crippen LogP contribution in [0.2, 0.25) is 5.02 Å². The molecule has 1 saturated heterocycles. The molecule has 0 unspecified atom stereocenters. The summed E-state index contributed by atoms with van der Waals surface area (Å²) in [6, 6.07) is 14.2. The molecule has 0 bridgehead atoms. The van der Waals surface area contributed by atoms with Gasteiger partial charge in [0.05, 0.1) is 30.9 Å². The maximum atomic E-state index is 14.4. The number of nitrogens with zero attached hydrogens (tertiary/aromatic N) is 1. The number of alkyl halides is 1. The molecule has 5 rings (SSSR count). The van der Waals surface area contributed by atoms with Crippen LogP contribution in [0, 0.1) is 0 Å². The number of carbonyl (C=O) groups excluding carboxylic acids is 2. The minimum atomic E-state index is -1.24. The first-order chi connectivity index (χ1) is 16.5.